The van der Waals surface area contributed by atoms with Gasteiger partial charge in [-0.15, -0.1) is 11.8 Å². The minimum absolute atomic E-state index is 0.352. The number of hydrogen-bond donors (Lipinski definition) is 1. The minimum Gasteiger partial charge on any atom is -0.508 e. The number of hydrogen-bond acceptors (Lipinski definition) is 3. The van der Waals surface area contributed by atoms with E-state index >= 15 is 0 Å². The third-order valence-electron chi connectivity index (χ3n) is 3.81. The largest absolute Gasteiger partial charge is 0.508 e. The van der Waals surface area contributed by atoms with Gasteiger partial charge in [-0.05, 0) is 56.6 Å². The van der Waals surface area contributed by atoms with Crippen molar-refractivity contribution in [1.82, 2.24) is 4.90 Å². The van der Waals surface area contributed by atoms with Crippen LogP contribution < -0.4 is 0 Å². The van der Waals surface area contributed by atoms with E-state index in [-0.39, 0.29) is 0 Å². The van der Waals surface area contributed by atoms with E-state index in [9.17, 15) is 5.11 Å². The van der Waals surface area contributed by atoms with Gasteiger partial charge in [-0.2, -0.15) is 0 Å². The molecule has 0 spiro atoms. The van der Waals surface area contributed by atoms with Crippen LogP contribution in [0.3, 0.4) is 0 Å². The molecule has 3 heteroatoms. The number of nitrogens with zero attached hydrogens (tertiary/aromatic N) is 1. The van der Waals surface area contributed by atoms with E-state index in [1.807, 2.05) is 23.9 Å². The molecule has 1 heterocycles. The van der Waals surface area contributed by atoms with Crippen LogP contribution in [0, 0.1) is 0 Å². The summed E-state index contributed by atoms with van der Waals surface area (Å²) in [7, 11) is 0. The summed E-state index contributed by atoms with van der Waals surface area (Å²) in [6, 6.07) is 8.29. The van der Waals surface area contributed by atoms with Crippen molar-refractivity contribution >= 4 is 11.8 Å². The molecule has 1 aliphatic heterocycles. The molecule has 2 nitrogen and oxygen atoms in total. The average Bonchev–Trinajstić information content (AvgIpc) is 2.46. The number of rotatable bonds is 6. The van der Waals surface area contributed by atoms with Crippen LogP contribution in [0.25, 0.3) is 0 Å². The molecule has 1 saturated heterocycles. The van der Waals surface area contributed by atoms with Gasteiger partial charge in [0.25, 0.3) is 0 Å². The lowest BCUT2D eigenvalue weighted by molar-refractivity contribution is 0.169. The Balaban J connectivity index is 1.87. The predicted octanol–water partition coefficient (Wildman–Crippen LogP) is 4.14. The van der Waals surface area contributed by atoms with Crippen molar-refractivity contribution in [3.05, 3.63) is 24.3 Å². The van der Waals surface area contributed by atoms with Crippen molar-refractivity contribution in [3.63, 3.8) is 0 Å². The number of thioether (sulfide) groups is 1. The summed E-state index contributed by atoms with van der Waals surface area (Å²) in [5.74, 6) is 1.52. The molecule has 0 radical (unpaired) electrons. The van der Waals surface area contributed by atoms with Gasteiger partial charge in [0.1, 0.15) is 5.75 Å². The van der Waals surface area contributed by atoms with Crippen molar-refractivity contribution in [2.45, 2.75) is 50.0 Å². The summed E-state index contributed by atoms with van der Waals surface area (Å²) < 4.78 is 0. The summed E-state index contributed by atoms with van der Waals surface area (Å²) in [5.41, 5.74) is 0. The Morgan fingerprint density at radius 1 is 1.16 bits per heavy atom. The maximum absolute atomic E-state index is 9.30. The second-order valence-corrected chi connectivity index (χ2v) is 6.44. The Morgan fingerprint density at radius 2 is 1.84 bits per heavy atom. The second kappa shape index (κ2) is 7.81. The van der Waals surface area contributed by atoms with Crippen LogP contribution in [0.15, 0.2) is 29.2 Å². The molecule has 1 N–H and O–H groups in total. The summed E-state index contributed by atoms with van der Waals surface area (Å²) in [5, 5.41) is 9.30. The standard InChI is InChI=1S/C16H25NOS/c1-2-6-14(17-11-4-3-5-12-17)13-19-16-9-7-15(18)8-10-16/h7-10,14,18H,2-6,11-13H2,1H3. The molecule has 1 fully saturated rings. The van der Waals surface area contributed by atoms with Crippen LogP contribution in [0.2, 0.25) is 0 Å². The first-order chi connectivity index (χ1) is 9.29. The molecule has 0 saturated carbocycles. The molecule has 0 amide bonds. The Hall–Kier alpha value is -0.670. The van der Waals surface area contributed by atoms with Gasteiger partial charge >= 0.3 is 0 Å². The monoisotopic (exact) mass is 279 g/mol. The molecule has 1 aromatic rings. The number of phenolic OH excluding ortho intramolecular Hbond substituents is 1. The lowest BCUT2D eigenvalue weighted by atomic mass is 10.1. The van der Waals surface area contributed by atoms with Crippen molar-refractivity contribution < 1.29 is 5.11 Å². The van der Waals surface area contributed by atoms with Crippen LogP contribution in [0.4, 0.5) is 0 Å². The first-order valence-electron chi connectivity index (χ1n) is 7.45. The van der Waals surface area contributed by atoms with E-state index in [1.54, 1.807) is 12.1 Å². The van der Waals surface area contributed by atoms with E-state index in [4.69, 9.17) is 0 Å². The van der Waals surface area contributed by atoms with Crippen LogP contribution in [-0.2, 0) is 0 Å². The van der Waals surface area contributed by atoms with Gasteiger partial charge in [0, 0.05) is 16.7 Å². The summed E-state index contributed by atoms with van der Waals surface area (Å²) in [6.45, 7) is 4.84. The molecule has 2 rings (SSSR count). The third kappa shape index (κ3) is 4.73. The number of phenols is 1. The molecule has 1 unspecified atom stereocenters. The smallest absolute Gasteiger partial charge is 0.115 e. The number of likely N-dealkylation sites (tertiary alicyclic amines) is 1. The average molecular weight is 279 g/mol. The topological polar surface area (TPSA) is 23.5 Å². The molecular formula is C16H25NOS. The fraction of sp³-hybridized carbons (Fsp3) is 0.625. The van der Waals surface area contributed by atoms with Crippen molar-refractivity contribution in [2.75, 3.05) is 18.8 Å². The van der Waals surface area contributed by atoms with E-state index < -0.39 is 0 Å². The first-order valence-corrected chi connectivity index (χ1v) is 8.44. The van der Waals surface area contributed by atoms with Crippen LogP contribution in [0.5, 0.6) is 5.75 Å². The maximum Gasteiger partial charge on any atom is 0.115 e. The zero-order valence-electron chi connectivity index (χ0n) is 11.8. The molecule has 1 atom stereocenters. The van der Waals surface area contributed by atoms with Gasteiger partial charge in [-0.25, -0.2) is 0 Å². The maximum atomic E-state index is 9.30. The van der Waals surface area contributed by atoms with Gasteiger partial charge in [0.15, 0.2) is 0 Å². The lowest BCUT2D eigenvalue weighted by Gasteiger charge is -2.34. The molecule has 1 aliphatic rings. The van der Waals surface area contributed by atoms with Gasteiger partial charge in [-0.3, -0.25) is 4.90 Å². The normalized spacial score (nSPS) is 18.4. The Labute approximate surface area is 121 Å². The van der Waals surface area contributed by atoms with Gasteiger partial charge in [-0.1, -0.05) is 19.8 Å². The fourth-order valence-electron chi connectivity index (χ4n) is 2.72. The summed E-state index contributed by atoms with van der Waals surface area (Å²) >= 11 is 1.92. The predicted molar refractivity (Wildman–Crippen MR) is 83.0 cm³/mol. The Bertz CT molecular complexity index is 360. The summed E-state index contributed by atoms with van der Waals surface area (Å²) in [6.07, 6.45) is 6.69. The Kier molecular flexibility index (Phi) is 6.05. The van der Waals surface area contributed by atoms with Crippen molar-refractivity contribution in [2.24, 2.45) is 0 Å². The van der Waals surface area contributed by atoms with Crippen molar-refractivity contribution in [3.8, 4) is 5.75 Å². The zero-order chi connectivity index (χ0) is 13.5. The highest BCUT2D eigenvalue weighted by Gasteiger charge is 2.19. The molecule has 106 valence electrons. The SMILES string of the molecule is CCCC(CSc1ccc(O)cc1)N1CCCCC1. The van der Waals surface area contributed by atoms with E-state index in [1.165, 1.54) is 55.8 Å². The fourth-order valence-corrected chi connectivity index (χ4v) is 3.81. The molecule has 19 heavy (non-hydrogen) atoms. The minimum atomic E-state index is 0.352. The van der Waals surface area contributed by atoms with Crippen LogP contribution >= 0.6 is 11.8 Å². The lowest BCUT2D eigenvalue weighted by Crippen LogP contribution is -2.40. The first kappa shape index (κ1) is 14.7. The third-order valence-corrected chi connectivity index (χ3v) is 4.96. The van der Waals surface area contributed by atoms with Gasteiger partial charge in [0.2, 0.25) is 0 Å². The molecule has 0 aromatic heterocycles. The van der Waals surface area contributed by atoms with Crippen LogP contribution in [-0.4, -0.2) is 34.9 Å². The van der Waals surface area contributed by atoms with Crippen molar-refractivity contribution in [1.29, 1.82) is 0 Å². The van der Waals surface area contributed by atoms with Gasteiger partial charge < -0.3 is 5.11 Å². The Morgan fingerprint density at radius 3 is 2.47 bits per heavy atom. The molecule has 0 bridgehead atoms. The highest BCUT2D eigenvalue weighted by molar-refractivity contribution is 7.99. The highest BCUT2D eigenvalue weighted by atomic mass is 32.2. The number of benzene rings is 1. The molecule has 1 aromatic carbocycles. The van der Waals surface area contributed by atoms with E-state index in [2.05, 4.69) is 11.8 Å². The summed E-state index contributed by atoms with van der Waals surface area (Å²) in [4.78, 5) is 3.94. The quantitative estimate of drug-likeness (QED) is 0.792. The van der Waals surface area contributed by atoms with Gasteiger partial charge in [0.05, 0.1) is 0 Å². The van der Waals surface area contributed by atoms with E-state index in [0.717, 1.165) is 0 Å². The molecular weight excluding hydrogens is 254 g/mol. The zero-order valence-corrected chi connectivity index (χ0v) is 12.7. The molecule has 0 aliphatic carbocycles. The highest BCUT2D eigenvalue weighted by Crippen LogP contribution is 2.25. The second-order valence-electron chi connectivity index (χ2n) is 5.34. The van der Waals surface area contributed by atoms with Crippen LogP contribution in [0.1, 0.15) is 39.0 Å². The number of piperidine rings is 1. The van der Waals surface area contributed by atoms with E-state index in [0.29, 0.717) is 11.8 Å². The number of aromatic hydroxyl groups is 1.